The lowest BCUT2D eigenvalue weighted by molar-refractivity contribution is -0.150. The van der Waals surface area contributed by atoms with E-state index in [9.17, 15) is 14.7 Å². The van der Waals surface area contributed by atoms with Crippen LogP contribution in [0.5, 0.6) is 0 Å². The first kappa shape index (κ1) is 17.5. The van der Waals surface area contributed by atoms with Gasteiger partial charge in [-0.2, -0.15) is 0 Å². The number of esters is 1. The Balaban J connectivity index is 2.28. The summed E-state index contributed by atoms with van der Waals surface area (Å²) >= 11 is 0. The van der Waals surface area contributed by atoms with Crippen LogP contribution in [0, 0.1) is 5.92 Å². The highest BCUT2D eigenvalue weighted by Crippen LogP contribution is 2.20. The van der Waals surface area contributed by atoms with Gasteiger partial charge < -0.3 is 15.2 Å². The minimum Gasteiger partial charge on any atom is -0.468 e. The van der Waals surface area contributed by atoms with Crippen molar-refractivity contribution >= 4 is 11.9 Å². The van der Waals surface area contributed by atoms with Gasteiger partial charge in [-0.25, -0.2) is 0 Å². The van der Waals surface area contributed by atoms with Gasteiger partial charge in [0.15, 0.2) is 0 Å². The van der Waals surface area contributed by atoms with Crippen LogP contribution in [0.15, 0.2) is 24.3 Å². The predicted octanol–water partition coefficient (Wildman–Crippen LogP) is 1.61. The fraction of sp³-hybridized carbons (Fsp3) is 0.556. The molecule has 1 aromatic rings. The highest BCUT2D eigenvalue weighted by Gasteiger charge is 2.30. The van der Waals surface area contributed by atoms with Crippen molar-refractivity contribution in [2.24, 2.45) is 5.92 Å². The molecule has 0 saturated carbocycles. The Morgan fingerprint density at radius 1 is 1.26 bits per heavy atom. The van der Waals surface area contributed by atoms with Crippen LogP contribution < -0.4 is 5.32 Å². The molecule has 0 aromatic heterocycles. The lowest BCUT2D eigenvalue weighted by Gasteiger charge is -2.22. The largest absolute Gasteiger partial charge is 0.468 e. The molecule has 126 valence electrons. The van der Waals surface area contributed by atoms with E-state index < -0.39 is 11.9 Å². The summed E-state index contributed by atoms with van der Waals surface area (Å²) in [5.41, 5.74) is 2.20. The van der Waals surface area contributed by atoms with Gasteiger partial charge in [-0.1, -0.05) is 37.1 Å². The zero-order valence-corrected chi connectivity index (χ0v) is 13.6. The molecular weight excluding hydrogens is 294 g/mol. The molecule has 1 aliphatic heterocycles. The van der Waals surface area contributed by atoms with Crippen molar-refractivity contribution < 1.29 is 19.4 Å². The maximum Gasteiger partial charge on any atom is 0.318 e. The topological polar surface area (TPSA) is 75.6 Å². The number of carbonyl (C=O) groups excluding carboxylic acids is 2. The summed E-state index contributed by atoms with van der Waals surface area (Å²) < 4.78 is 4.81. The number of aliphatic hydroxyl groups is 1. The lowest BCUT2D eigenvalue weighted by atomic mass is 9.91. The van der Waals surface area contributed by atoms with Gasteiger partial charge in [-0.3, -0.25) is 9.59 Å². The molecule has 0 aliphatic carbocycles. The van der Waals surface area contributed by atoms with Gasteiger partial charge in [0.25, 0.3) is 0 Å². The standard InChI is InChI=1S/C18H25NO4/c1-23-18(22)16-11-14-9-6-5-8-13(14)7-3-2-4-10-15(12-20)19-17(16)21/h5-6,8-9,15-16,20H,2-4,7,10-12H2,1H3,(H,19,21)/t15-,16?/m0/s1. The Morgan fingerprint density at radius 3 is 2.70 bits per heavy atom. The van der Waals surface area contributed by atoms with E-state index in [1.54, 1.807) is 0 Å². The molecule has 1 amide bonds. The van der Waals surface area contributed by atoms with Gasteiger partial charge in [0, 0.05) is 0 Å². The summed E-state index contributed by atoms with van der Waals surface area (Å²) in [5.74, 6) is -1.79. The number of benzene rings is 1. The van der Waals surface area contributed by atoms with Crippen molar-refractivity contribution in [2.75, 3.05) is 13.7 Å². The molecular formula is C18H25NO4. The van der Waals surface area contributed by atoms with Crippen molar-refractivity contribution in [3.63, 3.8) is 0 Å². The number of nitrogens with one attached hydrogen (secondary N) is 1. The van der Waals surface area contributed by atoms with Crippen molar-refractivity contribution in [3.05, 3.63) is 35.4 Å². The summed E-state index contributed by atoms with van der Waals surface area (Å²) in [6.07, 6.45) is 5.05. The molecule has 1 unspecified atom stereocenters. The highest BCUT2D eigenvalue weighted by atomic mass is 16.5. The molecule has 1 aliphatic rings. The maximum absolute atomic E-state index is 12.5. The van der Waals surface area contributed by atoms with E-state index in [-0.39, 0.29) is 18.6 Å². The van der Waals surface area contributed by atoms with Gasteiger partial charge >= 0.3 is 5.97 Å². The van der Waals surface area contributed by atoms with Crippen molar-refractivity contribution in [3.8, 4) is 0 Å². The van der Waals surface area contributed by atoms with E-state index in [0.29, 0.717) is 6.42 Å². The van der Waals surface area contributed by atoms with Crippen LogP contribution in [0.4, 0.5) is 0 Å². The third kappa shape index (κ3) is 4.79. The molecule has 2 rings (SSSR count). The third-order valence-corrected chi connectivity index (χ3v) is 4.41. The zero-order valence-electron chi connectivity index (χ0n) is 13.6. The monoisotopic (exact) mass is 319 g/mol. The number of ether oxygens (including phenoxy) is 1. The Morgan fingerprint density at radius 2 is 2.00 bits per heavy atom. The molecule has 1 heterocycles. The van der Waals surface area contributed by atoms with Gasteiger partial charge in [0.2, 0.25) is 5.91 Å². The maximum atomic E-state index is 12.5. The first-order valence-electron chi connectivity index (χ1n) is 8.21. The second-order valence-corrected chi connectivity index (χ2v) is 6.04. The summed E-state index contributed by atoms with van der Waals surface area (Å²) in [5, 5.41) is 12.2. The fourth-order valence-electron chi connectivity index (χ4n) is 3.04. The van der Waals surface area contributed by atoms with E-state index in [4.69, 9.17) is 4.74 Å². The molecule has 5 heteroatoms. The molecule has 0 saturated heterocycles. The SMILES string of the molecule is COC(=O)C1Cc2ccccc2CCCCC[C@@H](CO)NC1=O. The second-order valence-electron chi connectivity index (χ2n) is 6.04. The normalized spacial score (nSPS) is 23.0. The molecule has 1 aromatic carbocycles. The molecule has 0 spiro atoms. The van der Waals surface area contributed by atoms with Crippen LogP contribution in [0.2, 0.25) is 0 Å². The summed E-state index contributed by atoms with van der Waals surface area (Å²) in [6.45, 7) is -0.115. The van der Waals surface area contributed by atoms with Gasteiger partial charge in [-0.15, -0.1) is 0 Å². The Kier molecular flexibility index (Phi) is 6.59. The minimum absolute atomic E-state index is 0.115. The predicted molar refractivity (Wildman–Crippen MR) is 86.8 cm³/mol. The number of fused-ring (bicyclic) bond motifs is 1. The van der Waals surface area contributed by atoms with E-state index in [2.05, 4.69) is 11.4 Å². The van der Waals surface area contributed by atoms with Crippen molar-refractivity contribution in [1.82, 2.24) is 5.32 Å². The third-order valence-electron chi connectivity index (χ3n) is 4.41. The van der Waals surface area contributed by atoms with Crippen LogP contribution in [0.1, 0.15) is 36.8 Å². The van der Waals surface area contributed by atoms with Crippen molar-refractivity contribution in [1.29, 1.82) is 0 Å². The summed E-state index contributed by atoms with van der Waals surface area (Å²) in [4.78, 5) is 24.5. The average Bonchev–Trinajstić information content (AvgIpc) is 2.57. The fourth-order valence-corrected chi connectivity index (χ4v) is 3.04. The minimum atomic E-state index is -0.880. The first-order chi connectivity index (χ1) is 11.2. The first-order valence-corrected chi connectivity index (χ1v) is 8.21. The number of aryl methyl sites for hydroxylation is 1. The van der Waals surface area contributed by atoms with Crippen LogP contribution in [-0.4, -0.2) is 36.7 Å². The molecule has 0 radical (unpaired) electrons. The molecule has 0 fully saturated rings. The van der Waals surface area contributed by atoms with Crippen LogP contribution in [0.25, 0.3) is 0 Å². The Labute approximate surface area is 137 Å². The highest BCUT2D eigenvalue weighted by molar-refractivity contribution is 5.98. The smallest absolute Gasteiger partial charge is 0.318 e. The Bertz CT molecular complexity index is 544. The Hall–Kier alpha value is -1.88. The summed E-state index contributed by atoms with van der Waals surface area (Å²) in [6, 6.07) is 7.63. The number of amides is 1. The number of hydrogen-bond donors (Lipinski definition) is 2. The zero-order chi connectivity index (χ0) is 16.7. The lowest BCUT2D eigenvalue weighted by Crippen LogP contribution is -2.44. The summed E-state index contributed by atoms with van der Waals surface area (Å²) in [7, 11) is 1.29. The van der Waals surface area contributed by atoms with Gasteiger partial charge in [-0.05, 0) is 36.8 Å². The molecule has 0 bridgehead atoms. The second kappa shape index (κ2) is 8.67. The van der Waals surface area contributed by atoms with Crippen LogP contribution >= 0.6 is 0 Å². The molecule has 2 N–H and O–H groups in total. The number of hydrogen-bond acceptors (Lipinski definition) is 4. The van der Waals surface area contributed by atoms with E-state index in [0.717, 1.165) is 37.7 Å². The number of methoxy groups -OCH3 is 1. The average molecular weight is 319 g/mol. The quantitative estimate of drug-likeness (QED) is 0.641. The van der Waals surface area contributed by atoms with Crippen LogP contribution in [-0.2, 0) is 27.2 Å². The molecule has 5 nitrogen and oxygen atoms in total. The van der Waals surface area contributed by atoms with E-state index in [1.807, 2.05) is 18.2 Å². The van der Waals surface area contributed by atoms with Gasteiger partial charge in [0.1, 0.15) is 5.92 Å². The number of aliphatic hydroxyl groups excluding tert-OH is 1. The van der Waals surface area contributed by atoms with E-state index >= 15 is 0 Å². The molecule has 2 atom stereocenters. The number of carbonyl (C=O) groups is 2. The van der Waals surface area contributed by atoms with E-state index in [1.165, 1.54) is 12.7 Å². The molecule has 23 heavy (non-hydrogen) atoms. The van der Waals surface area contributed by atoms with Crippen molar-refractivity contribution in [2.45, 2.75) is 44.6 Å². The van der Waals surface area contributed by atoms with Crippen LogP contribution in [0.3, 0.4) is 0 Å². The van der Waals surface area contributed by atoms with Gasteiger partial charge in [0.05, 0.1) is 19.8 Å². The number of rotatable bonds is 2.